The molecule has 96 valence electrons. The van der Waals surface area contributed by atoms with E-state index >= 15 is 0 Å². The van der Waals surface area contributed by atoms with Crippen LogP contribution < -0.4 is 10.6 Å². The van der Waals surface area contributed by atoms with E-state index in [4.69, 9.17) is 0 Å². The van der Waals surface area contributed by atoms with Crippen molar-refractivity contribution in [1.29, 1.82) is 0 Å². The molecule has 2 N–H and O–H groups in total. The van der Waals surface area contributed by atoms with Crippen molar-refractivity contribution in [3.05, 3.63) is 35.4 Å². The van der Waals surface area contributed by atoms with Crippen molar-refractivity contribution >= 4 is 18.3 Å². The molecule has 1 rings (SSSR count). The smallest absolute Gasteiger partial charge is 0.221 e. The molecule has 0 bridgehead atoms. The van der Waals surface area contributed by atoms with E-state index in [-0.39, 0.29) is 24.9 Å². The molecule has 0 fully saturated rings. The summed E-state index contributed by atoms with van der Waals surface area (Å²) in [5, 5.41) is 5.41. The van der Waals surface area contributed by atoms with Crippen LogP contribution in [0.25, 0.3) is 0 Å². The number of nitrogens with one attached hydrogen (secondary N) is 2. The van der Waals surface area contributed by atoms with Crippen molar-refractivity contribution in [2.45, 2.75) is 13.0 Å². The van der Waals surface area contributed by atoms with Crippen LogP contribution in [-0.2, 0) is 11.3 Å². The van der Waals surface area contributed by atoms with Gasteiger partial charge in [0.05, 0.1) is 0 Å². The molecule has 1 aromatic rings. The second kappa shape index (κ2) is 7.97. The average Bonchev–Trinajstić information content (AvgIpc) is 2.22. The summed E-state index contributed by atoms with van der Waals surface area (Å²) >= 11 is 0. The molecule has 0 spiro atoms. The molecule has 1 aromatic carbocycles. The van der Waals surface area contributed by atoms with Gasteiger partial charge < -0.3 is 10.6 Å². The van der Waals surface area contributed by atoms with E-state index in [1.807, 2.05) is 0 Å². The Hall–Kier alpha value is -1.20. The Morgan fingerprint density at radius 3 is 2.35 bits per heavy atom. The predicted molar refractivity (Wildman–Crippen MR) is 64.0 cm³/mol. The Balaban J connectivity index is 0.00000256. The average molecular weight is 265 g/mol. The zero-order valence-corrected chi connectivity index (χ0v) is 10.2. The van der Waals surface area contributed by atoms with Gasteiger partial charge in [-0.3, -0.25) is 4.79 Å². The first-order chi connectivity index (χ1) is 7.61. The van der Waals surface area contributed by atoms with E-state index in [0.717, 1.165) is 6.07 Å². The third kappa shape index (κ3) is 6.19. The van der Waals surface area contributed by atoms with E-state index in [1.54, 1.807) is 7.05 Å². The van der Waals surface area contributed by atoms with Crippen molar-refractivity contribution in [1.82, 2.24) is 10.6 Å². The fourth-order valence-corrected chi connectivity index (χ4v) is 1.24. The number of carbonyl (C=O) groups excluding carboxylic acids is 1. The number of rotatable bonds is 5. The van der Waals surface area contributed by atoms with E-state index in [0.29, 0.717) is 18.5 Å². The number of hydrogen-bond acceptors (Lipinski definition) is 2. The van der Waals surface area contributed by atoms with Crippen LogP contribution in [0.2, 0.25) is 0 Å². The van der Waals surface area contributed by atoms with Crippen molar-refractivity contribution in [2.24, 2.45) is 0 Å². The van der Waals surface area contributed by atoms with Crippen LogP contribution in [0.5, 0.6) is 0 Å². The quantitative estimate of drug-likeness (QED) is 0.848. The van der Waals surface area contributed by atoms with E-state index in [2.05, 4.69) is 10.6 Å². The van der Waals surface area contributed by atoms with Gasteiger partial charge in [0.1, 0.15) is 11.6 Å². The molecule has 0 saturated carbocycles. The predicted octanol–water partition coefficient (Wildman–Crippen LogP) is 1.61. The first-order valence-corrected chi connectivity index (χ1v) is 4.98. The maximum Gasteiger partial charge on any atom is 0.221 e. The van der Waals surface area contributed by atoms with Crippen molar-refractivity contribution < 1.29 is 13.6 Å². The van der Waals surface area contributed by atoms with Gasteiger partial charge in [-0.2, -0.15) is 0 Å². The lowest BCUT2D eigenvalue weighted by Gasteiger charge is -2.05. The number of hydrogen-bond donors (Lipinski definition) is 2. The monoisotopic (exact) mass is 264 g/mol. The summed E-state index contributed by atoms with van der Waals surface area (Å²) in [7, 11) is 1.75. The molecule has 0 atom stereocenters. The van der Waals surface area contributed by atoms with Crippen LogP contribution in [0.15, 0.2) is 18.2 Å². The van der Waals surface area contributed by atoms with Gasteiger partial charge in [-0.25, -0.2) is 8.78 Å². The molecule has 1 amide bonds. The van der Waals surface area contributed by atoms with Gasteiger partial charge in [0, 0.05) is 25.6 Å². The fraction of sp³-hybridized carbons (Fsp3) is 0.364. The number of carbonyl (C=O) groups is 1. The van der Waals surface area contributed by atoms with E-state index in [1.165, 1.54) is 12.1 Å². The van der Waals surface area contributed by atoms with Crippen LogP contribution in [0.3, 0.4) is 0 Å². The number of benzene rings is 1. The molecule has 0 radical (unpaired) electrons. The van der Waals surface area contributed by atoms with Crippen molar-refractivity contribution in [3.8, 4) is 0 Å². The van der Waals surface area contributed by atoms with Crippen LogP contribution in [0.1, 0.15) is 12.0 Å². The summed E-state index contributed by atoms with van der Waals surface area (Å²) in [4.78, 5) is 11.2. The normalized spacial score (nSPS) is 9.59. The molecule has 0 saturated heterocycles. The maximum atomic E-state index is 12.8. The molecule has 0 heterocycles. The summed E-state index contributed by atoms with van der Waals surface area (Å²) in [6, 6.07) is 3.19. The van der Waals surface area contributed by atoms with Crippen molar-refractivity contribution in [3.63, 3.8) is 0 Å². The molecule has 0 unspecified atom stereocenters. The molecular weight excluding hydrogens is 250 g/mol. The highest BCUT2D eigenvalue weighted by atomic mass is 35.5. The molecule has 6 heteroatoms. The Morgan fingerprint density at radius 2 is 1.82 bits per heavy atom. The standard InChI is InChI=1S/C11H14F2N2O.ClH/c1-14-3-2-11(16)15-7-8-4-9(12)6-10(13)5-8;/h4-6,14H,2-3,7H2,1H3,(H,15,16);1H. The summed E-state index contributed by atoms with van der Waals surface area (Å²) in [6.07, 6.45) is 0.342. The van der Waals surface area contributed by atoms with Gasteiger partial charge in [0.25, 0.3) is 0 Å². The van der Waals surface area contributed by atoms with E-state index in [9.17, 15) is 13.6 Å². The van der Waals surface area contributed by atoms with E-state index < -0.39 is 11.6 Å². The highest BCUT2D eigenvalue weighted by molar-refractivity contribution is 5.85. The molecule has 0 aliphatic heterocycles. The lowest BCUT2D eigenvalue weighted by molar-refractivity contribution is -0.121. The Bertz CT molecular complexity index is 354. The molecule has 0 aliphatic carbocycles. The third-order valence-corrected chi connectivity index (χ3v) is 2.01. The maximum absolute atomic E-state index is 12.8. The van der Waals surface area contributed by atoms with Gasteiger partial charge in [0.2, 0.25) is 5.91 Å². The lowest BCUT2D eigenvalue weighted by atomic mass is 10.2. The van der Waals surface area contributed by atoms with Gasteiger partial charge in [0.15, 0.2) is 0 Å². The molecular formula is C11H15ClF2N2O. The largest absolute Gasteiger partial charge is 0.352 e. The minimum absolute atomic E-state index is 0. The topological polar surface area (TPSA) is 41.1 Å². The highest BCUT2D eigenvalue weighted by Crippen LogP contribution is 2.07. The van der Waals surface area contributed by atoms with Gasteiger partial charge in [-0.1, -0.05) is 0 Å². The summed E-state index contributed by atoms with van der Waals surface area (Å²) < 4.78 is 25.6. The third-order valence-electron chi connectivity index (χ3n) is 2.01. The number of amides is 1. The number of halogens is 3. The Kier molecular flexibility index (Phi) is 7.41. The van der Waals surface area contributed by atoms with Crippen LogP contribution in [-0.4, -0.2) is 19.5 Å². The Labute approximate surface area is 105 Å². The summed E-state index contributed by atoms with van der Waals surface area (Å²) in [5.41, 5.74) is 0.412. The first-order valence-electron chi connectivity index (χ1n) is 4.98. The molecule has 17 heavy (non-hydrogen) atoms. The van der Waals surface area contributed by atoms with Gasteiger partial charge >= 0.3 is 0 Å². The molecule has 3 nitrogen and oxygen atoms in total. The minimum Gasteiger partial charge on any atom is -0.352 e. The fourth-order valence-electron chi connectivity index (χ4n) is 1.24. The molecule has 0 aromatic heterocycles. The van der Waals surface area contributed by atoms with Gasteiger partial charge in [-0.05, 0) is 24.7 Å². The minimum atomic E-state index is -0.639. The first kappa shape index (κ1) is 15.8. The Morgan fingerprint density at radius 1 is 1.24 bits per heavy atom. The highest BCUT2D eigenvalue weighted by Gasteiger charge is 2.03. The second-order valence-corrected chi connectivity index (χ2v) is 3.41. The molecule has 0 aliphatic rings. The summed E-state index contributed by atoms with van der Waals surface area (Å²) in [6.45, 7) is 0.709. The second-order valence-electron chi connectivity index (χ2n) is 3.41. The van der Waals surface area contributed by atoms with Crippen LogP contribution in [0, 0.1) is 11.6 Å². The van der Waals surface area contributed by atoms with Gasteiger partial charge in [-0.15, -0.1) is 12.4 Å². The zero-order valence-electron chi connectivity index (χ0n) is 9.43. The van der Waals surface area contributed by atoms with Crippen LogP contribution in [0.4, 0.5) is 8.78 Å². The lowest BCUT2D eigenvalue weighted by Crippen LogP contribution is -2.26. The van der Waals surface area contributed by atoms with Crippen molar-refractivity contribution in [2.75, 3.05) is 13.6 Å². The summed E-state index contributed by atoms with van der Waals surface area (Å²) in [5.74, 6) is -1.43. The van der Waals surface area contributed by atoms with Crippen LogP contribution >= 0.6 is 12.4 Å². The SMILES string of the molecule is CNCCC(=O)NCc1cc(F)cc(F)c1.Cl. The zero-order chi connectivity index (χ0) is 12.0.